The Morgan fingerprint density at radius 1 is 1.05 bits per heavy atom. The van der Waals surface area contributed by atoms with E-state index in [0.717, 1.165) is 49.4 Å². The van der Waals surface area contributed by atoms with Gasteiger partial charge in [-0.05, 0) is 43.2 Å². The second-order valence-corrected chi connectivity index (χ2v) is 11.5. The molecule has 0 unspecified atom stereocenters. The first-order chi connectivity index (χ1) is 18.9. The van der Waals surface area contributed by atoms with Gasteiger partial charge in [0.1, 0.15) is 21.5 Å². The van der Waals surface area contributed by atoms with Crippen LogP contribution in [0.15, 0.2) is 52.3 Å². The van der Waals surface area contributed by atoms with E-state index in [1.807, 2.05) is 37.3 Å². The number of carbonyl (C=O) groups excluding carboxylic acids is 1. The van der Waals surface area contributed by atoms with E-state index in [2.05, 4.69) is 22.8 Å². The maximum Gasteiger partial charge on any atom is 0.267 e. The molecule has 2 saturated heterocycles. The van der Waals surface area contributed by atoms with Gasteiger partial charge in [-0.1, -0.05) is 61.9 Å². The van der Waals surface area contributed by atoms with Crippen LogP contribution in [-0.4, -0.2) is 64.3 Å². The van der Waals surface area contributed by atoms with Gasteiger partial charge in [0, 0.05) is 38.9 Å². The largest absolute Gasteiger partial charge is 0.495 e. The summed E-state index contributed by atoms with van der Waals surface area (Å²) in [7, 11) is 1.68. The number of ether oxygens (including phenoxy) is 1. The third-order valence-corrected chi connectivity index (χ3v) is 8.50. The van der Waals surface area contributed by atoms with Crippen molar-refractivity contribution in [1.29, 1.82) is 0 Å². The molecular formula is C29H33N5O3S2. The Morgan fingerprint density at radius 2 is 1.79 bits per heavy atom. The fraction of sp³-hybridized carbons (Fsp3) is 0.379. The Bertz CT molecular complexity index is 1490. The van der Waals surface area contributed by atoms with Crippen LogP contribution in [-0.2, 0) is 4.79 Å². The summed E-state index contributed by atoms with van der Waals surface area (Å²) in [5, 5.41) is 0. The van der Waals surface area contributed by atoms with Gasteiger partial charge in [-0.15, -0.1) is 0 Å². The molecule has 1 amide bonds. The molecule has 1 aromatic carbocycles. The highest BCUT2D eigenvalue weighted by Gasteiger charge is 2.33. The van der Waals surface area contributed by atoms with E-state index in [1.165, 1.54) is 11.8 Å². The monoisotopic (exact) mass is 563 g/mol. The predicted molar refractivity (Wildman–Crippen MR) is 163 cm³/mol. The molecule has 2 aliphatic rings. The standard InChI is InChI=1S/C29H33N5O3S2/c1-4-5-8-13-33-28(36)24(39-29(33)38)18-21-26(30-25-12-11-20(2)19-34(25)27(21)35)32-16-14-31(15-17-32)22-9-6-7-10-23(22)37-3/h6-7,9-12,18-19H,4-5,8,13-17H2,1-3H3/b24-18-. The lowest BCUT2D eigenvalue weighted by atomic mass is 10.2. The van der Waals surface area contributed by atoms with Crippen LogP contribution in [0.4, 0.5) is 11.5 Å². The van der Waals surface area contributed by atoms with Crippen molar-refractivity contribution < 1.29 is 9.53 Å². The summed E-state index contributed by atoms with van der Waals surface area (Å²) in [6.07, 6.45) is 6.50. The summed E-state index contributed by atoms with van der Waals surface area (Å²) in [6.45, 7) is 7.50. The third kappa shape index (κ3) is 5.53. The quantitative estimate of drug-likeness (QED) is 0.221. The Balaban J connectivity index is 1.49. The topological polar surface area (TPSA) is 70.4 Å². The van der Waals surface area contributed by atoms with Crippen molar-refractivity contribution >= 4 is 57.4 Å². The lowest BCUT2D eigenvalue weighted by Crippen LogP contribution is -2.47. The zero-order chi connectivity index (χ0) is 27.5. The van der Waals surface area contributed by atoms with Crippen molar-refractivity contribution in [3.8, 4) is 5.75 Å². The lowest BCUT2D eigenvalue weighted by Gasteiger charge is -2.37. The third-order valence-electron chi connectivity index (χ3n) is 7.12. The molecule has 39 heavy (non-hydrogen) atoms. The van der Waals surface area contributed by atoms with E-state index >= 15 is 0 Å². The number of rotatable bonds is 8. The molecule has 2 aromatic heterocycles. The number of thiocarbonyl (C=S) groups is 1. The van der Waals surface area contributed by atoms with Crippen LogP contribution in [0.5, 0.6) is 5.75 Å². The van der Waals surface area contributed by atoms with Crippen molar-refractivity contribution in [3.05, 3.63) is 69.0 Å². The summed E-state index contributed by atoms with van der Waals surface area (Å²) >= 11 is 6.79. The number of aryl methyl sites for hydroxylation is 1. The lowest BCUT2D eigenvalue weighted by molar-refractivity contribution is -0.122. The van der Waals surface area contributed by atoms with Crippen molar-refractivity contribution in [1.82, 2.24) is 14.3 Å². The van der Waals surface area contributed by atoms with Gasteiger partial charge in [0.05, 0.1) is 23.3 Å². The molecule has 0 N–H and O–H groups in total. The number of hydrogen-bond donors (Lipinski definition) is 0. The Hall–Kier alpha value is -3.37. The average molecular weight is 564 g/mol. The summed E-state index contributed by atoms with van der Waals surface area (Å²) in [5.74, 6) is 1.30. The van der Waals surface area contributed by atoms with E-state index in [1.54, 1.807) is 28.7 Å². The van der Waals surface area contributed by atoms with Crippen LogP contribution >= 0.6 is 24.0 Å². The molecule has 0 atom stereocenters. The minimum absolute atomic E-state index is 0.137. The molecule has 3 aromatic rings. The van der Waals surface area contributed by atoms with E-state index in [9.17, 15) is 9.59 Å². The van der Waals surface area contributed by atoms with Crippen LogP contribution in [0, 0.1) is 6.92 Å². The van der Waals surface area contributed by atoms with Crippen molar-refractivity contribution in [2.75, 3.05) is 49.6 Å². The molecule has 8 nitrogen and oxygen atoms in total. The van der Waals surface area contributed by atoms with Gasteiger partial charge < -0.3 is 14.5 Å². The maximum absolute atomic E-state index is 13.8. The number of unbranched alkanes of at least 4 members (excludes halogenated alkanes) is 2. The second kappa shape index (κ2) is 11.8. The zero-order valence-electron chi connectivity index (χ0n) is 22.6. The molecule has 0 radical (unpaired) electrons. The van der Waals surface area contributed by atoms with Gasteiger partial charge in [0.15, 0.2) is 0 Å². The summed E-state index contributed by atoms with van der Waals surface area (Å²) in [4.78, 5) is 38.6. The minimum Gasteiger partial charge on any atom is -0.495 e. The number of nitrogens with zero attached hydrogens (tertiary/aromatic N) is 5. The SMILES string of the molecule is CCCCCN1C(=O)/C(=C/c2c(N3CCN(c4ccccc4OC)CC3)nc3ccc(C)cn3c2=O)SC1=S. The highest BCUT2D eigenvalue weighted by molar-refractivity contribution is 8.26. The van der Waals surface area contributed by atoms with Gasteiger partial charge in [0.2, 0.25) is 0 Å². The van der Waals surface area contributed by atoms with Crippen LogP contribution in [0.3, 0.4) is 0 Å². The summed E-state index contributed by atoms with van der Waals surface area (Å²) < 4.78 is 7.68. The van der Waals surface area contributed by atoms with Gasteiger partial charge in [-0.2, -0.15) is 0 Å². The highest BCUT2D eigenvalue weighted by atomic mass is 32.2. The molecule has 2 aliphatic heterocycles. The highest BCUT2D eigenvalue weighted by Crippen LogP contribution is 2.34. The number of aromatic nitrogens is 2. The summed E-state index contributed by atoms with van der Waals surface area (Å²) in [5.41, 5.74) is 2.81. The van der Waals surface area contributed by atoms with Gasteiger partial charge in [0.25, 0.3) is 11.5 Å². The number of anilines is 2. The zero-order valence-corrected chi connectivity index (χ0v) is 24.2. The smallest absolute Gasteiger partial charge is 0.267 e. The predicted octanol–water partition coefficient (Wildman–Crippen LogP) is 4.73. The van der Waals surface area contributed by atoms with Crippen molar-refractivity contribution in [3.63, 3.8) is 0 Å². The number of piperazine rings is 1. The minimum atomic E-state index is -0.192. The molecule has 2 fully saturated rings. The number of thioether (sulfide) groups is 1. The van der Waals surface area contributed by atoms with Gasteiger partial charge in [-0.3, -0.25) is 18.9 Å². The second-order valence-electron chi connectivity index (χ2n) is 9.78. The van der Waals surface area contributed by atoms with Gasteiger partial charge >= 0.3 is 0 Å². The Morgan fingerprint density at radius 3 is 2.54 bits per heavy atom. The molecule has 0 bridgehead atoms. The molecule has 0 aliphatic carbocycles. The van der Waals surface area contributed by atoms with Gasteiger partial charge in [-0.25, -0.2) is 4.98 Å². The van der Waals surface area contributed by atoms with Crippen LogP contribution in [0.2, 0.25) is 0 Å². The average Bonchev–Trinajstić information content (AvgIpc) is 3.22. The van der Waals surface area contributed by atoms with Crippen LogP contribution in [0.1, 0.15) is 37.3 Å². The van der Waals surface area contributed by atoms with E-state index in [-0.39, 0.29) is 11.5 Å². The van der Waals surface area contributed by atoms with E-state index < -0.39 is 0 Å². The number of fused-ring (bicyclic) bond motifs is 1. The number of hydrogen-bond acceptors (Lipinski definition) is 8. The fourth-order valence-electron chi connectivity index (χ4n) is 5.01. The molecule has 204 valence electrons. The molecule has 10 heteroatoms. The first-order valence-corrected chi connectivity index (χ1v) is 14.5. The first kappa shape index (κ1) is 27.2. The molecule has 0 spiro atoms. The van der Waals surface area contributed by atoms with Crippen LogP contribution < -0.4 is 20.1 Å². The maximum atomic E-state index is 13.8. The van der Waals surface area contributed by atoms with Crippen molar-refractivity contribution in [2.45, 2.75) is 33.1 Å². The normalized spacial score (nSPS) is 17.1. The number of pyridine rings is 1. The van der Waals surface area contributed by atoms with E-state index in [4.69, 9.17) is 21.9 Å². The summed E-state index contributed by atoms with van der Waals surface area (Å²) in [6, 6.07) is 11.8. The molecule has 4 heterocycles. The first-order valence-electron chi connectivity index (χ1n) is 13.3. The Labute approximate surface area is 238 Å². The number of carbonyl (C=O) groups is 1. The number of para-hydroxylation sites is 2. The van der Waals surface area contributed by atoms with Crippen LogP contribution in [0.25, 0.3) is 11.7 Å². The molecular weight excluding hydrogens is 530 g/mol. The number of benzene rings is 1. The van der Waals surface area contributed by atoms with Crippen molar-refractivity contribution in [2.24, 2.45) is 0 Å². The fourth-order valence-corrected chi connectivity index (χ4v) is 6.30. The van der Waals surface area contributed by atoms with E-state index in [0.29, 0.717) is 45.9 Å². The Kier molecular flexibility index (Phi) is 8.23. The molecule has 0 saturated carbocycles. The molecule has 5 rings (SSSR count). The number of methoxy groups -OCH3 is 1. The number of amides is 1.